The third kappa shape index (κ3) is 3.58. The van der Waals surface area contributed by atoms with Crippen molar-refractivity contribution < 1.29 is 8.91 Å². The second-order valence-corrected chi connectivity index (χ2v) is 7.44. The number of hydrogen-bond acceptors (Lipinski definition) is 6. The summed E-state index contributed by atoms with van der Waals surface area (Å²) in [6.45, 7) is 2.83. The van der Waals surface area contributed by atoms with Crippen LogP contribution in [0.25, 0.3) is 22.4 Å². The van der Waals surface area contributed by atoms with E-state index in [4.69, 9.17) is 4.52 Å². The molecule has 0 amide bonds. The van der Waals surface area contributed by atoms with Crippen LogP contribution in [-0.4, -0.2) is 34.8 Å². The Labute approximate surface area is 173 Å². The van der Waals surface area contributed by atoms with Gasteiger partial charge in [0.25, 0.3) is 5.71 Å². The number of anilines is 2. The van der Waals surface area contributed by atoms with Crippen LogP contribution >= 0.6 is 0 Å². The van der Waals surface area contributed by atoms with Gasteiger partial charge in [0.05, 0.1) is 0 Å². The van der Waals surface area contributed by atoms with Crippen LogP contribution in [-0.2, 0) is 6.42 Å². The zero-order valence-electron chi connectivity index (χ0n) is 16.5. The lowest BCUT2D eigenvalue weighted by atomic mass is 10.0. The monoisotopic (exact) mass is 403 g/mol. The number of aryl methyl sites for hydroxylation is 1. The lowest BCUT2D eigenvalue weighted by molar-refractivity contribution is 0.451. The van der Waals surface area contributed by atoms with Crippen LogP contribution in [0.2, 0.25) is 0 Å². The molecule has 3 heterocycles. The lowest BCUT2D eigenvalue weighted by Gasteiger charge is -2.31. The van der Waals surface area contributed by atoms with Gasteiger partial charge in [0.1, 0.15) is 29.0 Å². The number of benzene rings is 2. The van der Waals surface area contributed by atoms with E-state index in [1.807, 2.05) is 0 Å². The largest absolute Gasteiger partial charge is 0.371 e. The molecule has 1 aliphatic heterocycles. The Hall–Kier alpha value is -3.48. The van der Waals surface area contributed by atoms with Crippen molar-refractivity contribution in [3.8, 4) is 11.3 Å². The molecule has 4 aromatic rings. The highest BCUT2D eigenvalue weighted by atomic mass is 19.1. The fourth-order valence-electron chi connectivity index (χ4n) is 4.05. The van der Waals surface area contributed by atoms with Crippen LogP contribution in [0.4, 0.5) is 15.9 Å². The third-order valence-electron chi connectivity index (χ3n) is 5.49. The highest BCUT2D eigenvalue weighted by Crippen LogP contribution is 2.31. The van der Waals surface area contributed by atoms with Crippen molar-refractivity contribution in [3.05, 3.63) is 66.2 Å². The molecule has 0 spiro atoms. The first-order valence-electron chi connectivity index (χ1n) is 10.2. The molecule has 30 heavy (non-hydrogen) atoms. The molecule has 0 saturated carbocycles. The number of fused-ring (bicyclic) bond motifs is 2. The van der Waals surface area contributed by atoms with E-state index in [-0.39, 0.29) is 5.82 Å². The molecule has 0 bridgehead atoms. The second-order valence-electron chi connectivity index (χ2n) is 7.44. The van der Waals surface area contributed by atoms with Gasteiger partial charge in [0, 0.05) is 30.9 Å². The van der Waals surface area contributed by atoms with Gasteiger partial charge >= 0.3 is 0 Å². The Morgan fingerprint density at radius 3 is 2.83 bits per heavy atom. The molecule has 0 aliphatic carbocycles. The molecule has 7 heteroatoms. The van der Waals surface area contributed by atoms with Gasteiger partial charge in [-0.25, -0.2) is 9.37 Å². The zero-order chi connectivity index (χ0) is 20.3. The van der Waals surface area contributed by atoms with Crippen LogP contribution in [0, 0.1) is 5.82 Å². The van der Waals surface area contributed by atoms with Crippen molar-refractivity contribution in [2.24, 2.45) is 0 Å². The summed E-state index contributed by atoms with van der Waals surface area (Å²) in [6, 6.07) is 14.8. The first-order valence-corrected chi connectivity index (χ1v) is 10.2. The van der Waals surface area contributed by atoms with E-state index in [0.717, 1.165) is 38.0 Å². The summed E-state index contributed by atoms with van der Waals surface area (Å²) in [4.78, 5) is 11.0. The summed E-state index contributed by atoms with van der Waals surface area (Å²) in [6.07, 6.45) is 4.78. The van der Waals surface area contributed by atoms with Crippen molar-refractivity contribution >= 4 is 22.6 Å². The molecule has 1 N–H and O–H groups in total. The zero-order valence-corrected chi connectivity index (χ0v) is 16.5. The van der Waals surface area contributed by atoms with Crippen LogP contribution in [0.15, 0.2) is 59.4 Å². The summed E-state index contributed by atoms with van der Waals surface area (Å²) in [5.41, 5.74) is 4.57. The molecule has 2 aromatic carbocycles. The molecule has 2 aromatic heterocycles. The first-order chi connectivity index (χ1) is 14.8. The van der Waals surface area contributed by atoms with E-state index in [0.29, 0.717) is 22.6 Å². The number of halogens is 1. The molecule has 1 aliphatic rings. The summed E-state index contributed by atoms with van der Waals surface area (Å²) < 4.78 is 18.7. The summed E-state index contributed by atoms with van der Waals surface area (Å²) in [7, 11) is 0. The molecule has 0 radical (unpaired) electrons. The van der Waals surface area contributed by atoms with Gasteiger partial charge in [-0.15, -0.1) is 0 Å². The van der Waals surface area contributed by atoms with Crippen molar-refractivity contribution in [1.29, 1.82) is 0 Å². The van der Waals surface area contributed by atoms with Crippen molar-refractivity contribution in [3.63, 3.8) is 0 Å². The lowest BCUT2D eigenvalue weighted by Crippen LogP contribution is -2.31. The number of para-hydroxylation sites is 1. The van der Waals surface area contributed by atoms with Gasteiger partial charge in [-0.2, -0.15) is 4.98 Å². The summed E-state index contributed by atoms with van der Waals surface area (Å²) >= 11 is 0. The van der Waals surface area contributed by atoms with Crippen LogP contribution in [0.3, 0.4) is 0 Å². The van der Waals surface area contributed by atoms with Gasteiger partial charge < -0.3 is 14.7 Å². The van der Waals surface area contributed by atoms with E-state index in [1.165, 1.54) is 36.1 Å². The minimum absolute atomic E-state index is 0.291. The molecule has 152 valence electrons. The third-order valence-corrected chi connectivity index (χ3v) is 5.49. The van der Waals surface area contributed by atoms with Gasteiger partial charge in [-0.05, 0) is 55.2 Å². The number of aromatic nitrogens is 3. The van der Waals surface area contributed by atoms with E-state index in [1.54, 1.807) is 12.1 Å². The van der Waals surface area contributed by atoms with Crippen LogP contribution in [0.5, 0.6) is 0 Å². The molecule has 0 saturated heterocycles. The second kappa shape index (κ2) is 8.10. The van der Waals surface area contributed by atoms with Gasteiger partial charge in [0.2, 0.25) is 0 Å². The fraction of sp³-hybridized carbons (Fsp3) is 0.261. The average Bonchev–Trinajstić information content (AvgIpc) is 3.22. The number of hydrogen-bond donors (Lipinski definition) is 1. The van der Waals surface area contributed by atoms with Crippen LogP contribution in [0.1, 0.15) is 18.4 Å². The SMILES string of the molecule is Fc1ccc(-c2noc3ncnc(NCCCN4CCCc5ccccc54)c23)cc1. The topological polar surface area (TPSA) is 67.1 Å². The fourth-order valence-corrected chi connectivity index (χ4v) is 4.05. The van der Waals surface area contributed by atoms with Crippen molar-refractivity contribution in [1.82, 2.24) is 15.1 Å². The molecular weight excluding hydrogens is 381 g/mol. The van der Waals surface area contributed by atoms with E-state index >= 15 is 0 Å². The van der Waals surface area contributed by atoms with E-state index in [2.05, 4.69) is 49.6 Å². The summed E-state index contributed by atoms with van der Waals surface area (Å²) in [5.74, 6) is 0.389. The Morgan fingerprint density at radius 1 is 1.07 bits per heavy atom. The van der Waals surface area contributed by atoms with Crippen LogP contribution < -0.4 is 10.2 Å². The Kier molecular flexibility index (Phi) is 5.01. The minimum Gasteiger partial charge on any atom is -0.371 e. The molecule has 0 fully saturated rings. The maximum Gasteiger partial charge on any atom is 0.263 e. The molecule has 5 rings (SSSR count). The Bertz CT molecular complexity index is 1160. The molecule has 0 unspecified atom stereocenters. The summed E-state index contributed by atoms with van der Waals surface area (Å²) in [5, 5.41) is 8.26. The Morgan fingerprint density at radius 2 is 1.93 bits per heavy atom. The minimum atomic E-state index is -0.291. The molecule has 6 nitrogen and oxygen atoms in total. The molecule has 0 atom stereocenters. The normalized spacial score (nSPS) is 13.4. The Balaban J connectivity index is 1.30. The number of nitrogens with zero attached hydrogens (tertiary/aromatic N) is 4. The van der Waals surface area contributed by atoms with E-state index < -0.39 is 0 Å². The van der Waals surface area contributed by atoms with Gasteiger partial charge in [-0.3, -0.25) is 0 Å². The van der Waals surface area contributed by atoms with E-state index in [9.17, 15) is 4.39 Å². The highest BCUT2D eigenvalue weighted by molar-refractivity contribution is 5.97. The highest BCUT2D eigenvalue weighted by Gasteiger charge is 2.18. The standard InChI is InChI=1S/C23H22FN5O/c24-18-10-8-17(9-11-18)21-20-22(26-15-27-23(20)30-28-21)25-12-4-14-29-13-3-6-16-5-1-2-7-19(16)29/h1-2,5,7-11,15H,3-4,6,12-14H2,(H,25,26,27). The van der Waals surface area contributed by atoms with Crippen molar-refractivity contribution in [2.45, 2.75) is 19.3 Å². The first kappa shape index (κ1) is 18.5. The average molecular weight is 403 g/mol. The quantitative estimate of drug-likeness (QED) is 0.472. The maximum absolute atomic E-state index is 13.3. The maximum atomic E-state index is 13.3. The molecular formula is C23H22FN5O. The predicted molar refractivity (Wildman–Crippen MR) is 115 cm³/mol. The smallest absolute Gasteiger partial charge is 0.263 e. The van der Waals surface area contributed by atoms with Gasteiger partial charge in [0.15, 0.2) is 0 Å². The predicted octanol–water partition coefficient (Wildman–Crippen LogP) is 4.68. The van der Waals surface area contributed by atoms with Gasteiger partial charge in [-0.1, -0.05) is 23.4 Å². The number of nitrogens with one attached hydrogen (secondary N) is 1. The van der Waals surface area contributed by atoms with Crippen molar-refractivity contribution in [2.75, 3.05) is 29.9 Å². The number of rotatable bonds is 6.